The van der Waals surface area contributed by atoms with Crippen LogP contribution in [0.2, 0.25) is 0 Å². The number of nitrogens with one attached hydrogen (secondary N) is 1. The Morgan fingerprint density at radius 1 is 0.897 bits per heavy atom. The van der Waals surface area contributed by atoms with Crippen molar-refractivity contribution in [3.05, 3.63) is 35.9 Å². The summed E-state index contributed by atoms with van der Waals surface area (Å²) in [5.74, 6) is 0.400. The summed E-state index contributed by atoms with van der Waals surface area (Å²) >= 11 is 0. The van der Waals surface area contributed by atoms with Crippen molar-refractivity contribution in [3.8, 4) is 0 Å². The molecule has 1 aromatic carbocycles. The molecule has 0 bridgehead atoms. The molecule has 6 nitrogen and oxygen atoms in total. The number of carbonyl (C=O) groups is 3. The average molecular weight is 398 g/mol. The van der Waals surface area contributed by atoms with Gasteiger partial charge in [0.05, 0.1) is 12.6 Å². The highest BCUT2D eigenvalue weighted by molar-refractivity contribution is 5.87. The van der Waals surface area contributed by atoms with Crippen molar-refractivity contribution in [1.29, 1.82) is 0 Å². The molecule has 1 saturated carbocycles. The molecule has 156 valence electrons. The minimum absolute atomic E-state index is 0.0494. The van der Waals surface area contributed by atoms with Gasteiger partial charge < -0.3 is 15.1 Å². The van der Waals surface area contributed by atoms with Crippen molar-refractivity contribution in [2.24, 2.45) is 11.8 Å². The molecule has 0 aromatic heterocycles. The number of piperazine rings is 1. The van der Waals surface area contributed by atoms with Crippen LogP contribution in [-0.2, 0) is 20.8 Å². The van der Waals surface area contributed by atoms with Crippen LogP contribution in [0.15, 0.2) is 30.3 Å². The van der Waals surface area contributed by atoms with Gasteiger partial charge in [-0.05, 0) is 37.7 Å². The summed E-state index contributed by atoms with van der Waals surface area (Å²) in [7, 11) is 0. The van der Waals surface area contributed by atoms with Crippen LogP contribution in [0.3, 0.4) is 0 Å². The predicted octanol–water partition coefficient (Wildman–Crippen LogP) is 1.98. The lowest BCUT2D eigenvalue weighted by Crippen LogP contribution is -2.58. The number of hydrogen-bond donors (Lipinski definition) is 1. The maximum atomic E-state index is 13.1. The SMILES string of the molecule is O=C1CN(C(=O)C2CCN(C(=O)C3CCCC3)CC2)C[C@H](Cc2ccccc2)N1. The molecule has 3 amide bonds. The van der Waals surface area contributed by atoms with Gasteiger partial charge in [0.15, 0.2) is 0 Å². The van der Waals surface area contributed by atoms with Gasteiger partial charge in [0.2, 0.25) is 17.7 Å². The number of likely N-dealkylation sites (tertiary alicyclic amines) is 1. The third-order valence-corrected chi connectivity index (χ3v) is 6.64. The Balaban J connectivity index is 1.30. The molecular formula is C23H31N3O3. The van der Waals surface area contributed by atoms with E-state index in [1.165, 1.54) is 0 Å². The number of rotatable bonds is 4. The summed E-state index contributed by atoms with van der Waals surface area (Å²) in [4.78, 5) is 41.6. The highest BCUT2D eigenvalue weighted by Crippen LogP contribution is 2.29. The van der Waals surface area contributed by atoms with E-state index >= 15 is 0 Å². The van der Waals surface area contributed by atoms with Gasteiger partial charge in [0.25, 0.3) is 0 Å². The molecular weight excluding hydrogens is 366 g/mol. The molecule has 6 heteroatoms. The Bertz CT molecular complexity index is 737. The number of amides is 3. The molecule has 0 unspecified atom stereocenters. The number of benzene rings is 1. The Labute approximate surface area is 172 Å². The molecule has 0 radical (unpaired) electrons. The maximum absolute atomic E-state index is 13.1. The number of hydrogen-bond acceptors (Lipinski definition) is 3. The van der Waals surface area contributed by atoms with E-state index in [4.69, 9.17) is 0 Å². The zero-order valence-corrected chi connectivity index (χ0v) is 17.0. The van der Waals surface area contributed by atoms with Gasteiger partial charge >= 0.3 is 0 Å². The molecule has 4 rings (SSSR count). The first kappa shape index (κ1) is 19.9. The van der Waals surface area contributed by atoms with Crippen LogP contribution in [0.1, 0.15) is 44.1 Å². The van der Waals surface area contributed by atoms with E-state index in [1.807, 2.05) is 35.2 Å². The van der Waals surface area contributed by atoms with Crippen LogP contribution in [0, 0.1) is 11.8 Å². The Morgan fingerprint density at radius 3 is 2.21 bits per heavy atom. The largest absolute Gasteiger partial charge is 0.350 e. The summed E-state index contributed by atoms with van der Waals surface area (Å²) < 4.78 is 0. The Kier molecular flexibility index (Phi) is 6.16. The average Bonchev–Trinajstić information content (AvgIpc) is 3.28. The van der Waals surface area contributed by atoms with E-state index in [0.29, 0.717) is 32.5 Å². The Hall–Kier alpha value is -2.37. The predicted molar refractivity (Wildman–Crippen MR) is 110 cm³/mol. The van der Waals surface area contributed by atoms with Crippen LogP contribution in [0.25, 0.3) is 0 Å². The van der Waals surface area contributed by atoms with Crippen molar-refractivity contribution < 1.29 is 14.4 Å². The highest BCUT2D eigenvalue weighted by Gasteiger charge is 2.36. The van der Waals surface area contributed by atoms with Crippen molar-refractivity contribution in [2.75, 3.05) is 26.2 Å². The van der Waals surface area contributed by atoms with Crippen molar-refractivity contribution in [3.63, 3.8) is 0 Å². The summed E-state index contributed by atoms with van der Waals surface area (Å²) in [5, 5.41) is 3.02. The number of carbonyl (C=O) groups excluding carboxylic acids is 3. The molecule has 1 N–H and O–H groups in total. The van der Waals surface area contributed by atoms with Gasteiger partial charge in [-0.1, -0.05) is 43.2 Å². The zero-order valence-electron chi connectivity index (χ0n) is 17.0. The lowest BCUT2D eigenvalue weighted by atomic mass is 9.93. The third-order valence-electron chi connectivity index (χ3n) is 6.64. The van der Waals surface area contributed by atoms with Crippen molar-refractivity contribution in [2.45, 2.75) is 51.0 Å². The fourth-order valence-electron chi connectivity index (χ4n) is 5.04. The van der Waals surface area contributed by atoms with E-state index in [0.717, 1.165) is 37.7 Å². The van der Waals surface area contributed by atoms with E-state index in [-0.39, 0.29) is 42.1 Å². The lowest BCUT2D eigenvalue weighted by Gasteiger charge is -2.38. The highest BCUT2D eigenvalue weighted by atomic mass is 16.2. The maximum Gasteiger partial charge on any atom is 0.239 e. The van der Waals surface area contributed by atoms with Crippen LogP contribution >= 0.6 is 0 Å². The Morgan fingerprint density at radius 2 is 1.52 bits per heavy atom. The minimum Gasteiger partial charge on any atom is -0.350 e. The number of nitrogens with zero attached hydrogens (tertiary/aromatic N) is 2. The van der Waals surface area contributed by atoms with Gasteiger partial charge in [-0.15, -0.1) is 0 Å². The van der Waals surface area contributed by atoms with E-state index in [2.05, 4.69) is 5.32 Å². The van der Waals surface area contributed by atoms with Gasteiger partial charge in [-0.3, -0.25) is 14.4 Å². The van der Waals surface area contributed by atoms with Crippen LogP contribution in [-0.4, -0.2) is 59.7 Å². The molecule has 29 heavy (non-hydrogen) atoms. The van der Waals surface area contributed by atoms with Crippen LogP contribution in [0.4, 0.5) is 0 Å². The second kappa shape index (κ2) is 8.97. The molecule has 2 aliphatic heterocycles. The zero-order chi connectivity index (χ0) is 20.2. The fraction of sp³-hybridized carbons (Fsp3) is 0.609. The smallest absolute Gasteiger partial charge is 0.239 e. The summed E-state index contributed by atoms with van der Waals surface area (Å²) in [6, 6.07) is 10.00. The number of piperidine rings is 1. The fourth-order valence-corrected chi connectivity index (χ4v) is 5.04. The molecule has 3 fully saturated rings. The minimum atomic E-state index is -0.0839. The molecule has 3 aliphatic rings. The van der Waals surface area contributed by atoms with E-state index < -0.39 is 0 Å². The second-order valence-corrected chi connectivity index (χ2v) is 8.75. The standard InChI is InChI=1S/C23H31N3O3/c27-21-16-26(15-20(24-21)14-17-6-2-1-3-7-17)23(29)19-10-12-25(13-11-19)22(28)18-8-4-5-9-18/h1-3,6-7,18-20H,4-5,8-16H2,(H,24,27)/t20-/m0/s1. The van der Waals surface area contributed by atoms with Crippen LogP contribution in [0.5, 0.6) is 0 Å². The lowest BCUT2D eigenvalue weighted by molar-refractivity contribution is -0.146. The van der Waals surface area contributed by atoms with Crippen molar-refractivity contribution >= 4 is 17.7 Å². The van der Waals surface area contributed by atoms with Gasteiger partial charge in [-0.2, -0.15) is 0 Å². The molecule has 0 spiro atoms. The summed E-state index contributed by atoms with van der Waals surface area (Å²) in [6.07, 6.45) is 6.49. The first-order chi connectivity index (χ1) is 14.1. The third kappa shape index (κ3) is 4.80. The van der Waals surface area contributed by atoms with Gasteiger partial charge in [0, 0.05) is 31.5 Å². The van der Waals surface area contributed by atoms with Gasteiger partial charge in [0.1, 0.15) is 0 Å². The normalized spacial score (nSPS) is 23.9. The molecule has 2 saturated heterocycles. The quantitative estimate of drug-likeness (QED) is 0.845. The molecule has 1 atom stereocenters. The topological polar surface area (TPSA) is 69.7 Å². The summed E-state index contributed by atoms with van der Waals surface area (Å²) in [6.45, 7) is 2.03. The monoisotopic (exact) mass is 397 g/mol. The molecule has 1 aliphatic carbocycles. The first-order valence-corrected chi connectivity index (χ1v) is 11.0. The van der Waals surface area contributed by atoms with E-state index in [1.54, 1.807) is 4.90 Å². The summed E-state index contributed by atoms with van der Waals surface area (Å²) in [5.41, 5.74) is 1.16. The van der Waals surface area contributed by atoms with Crippen LogP contribution < -0.4 is 5.32 Å². The van der Waals surface area contributed by atoms with Crippen molar-refractivity contribution in [1.82, 2.24) is 15.1 Å². The molecule has 2 heterocycles. The van der Waals surface area contributed by atoms with E-state index in [9.17, 15) is 14.4 Å². The second-order valence-electron chi connectivity index (χ2n) is 8.75. The van der Waals surface area contributed by atoms with Gasteiger partial charge in [-0.25, -0.2) is 0 Å². The molecule has 1 aromatic rings. The first-order valence-electron chi connectivity index (χ1n) is 11.0.